The van der Waals surface area contributed by atoms with E-state index in [4.69, 9.17) is 9.72 Å². The van der Waals surface area contributed by atoms with Gasteiger partial charge in [-0.05, 0) is 57.7 Å². The standard InChI is InChI=1S/C30H42N4O/c1-5-24-10-12-25(13-11-24)28-15-14-27-29(31-28)19-26(20-33-17-18-35-21-23(33)3)32-30(27,4)34-16-8-6-7-9-22(34)2/h10-15,19,22-23,32H,5-9,16-18,20-21H2,1-4H3/t22-,23-,30?/m0/s1. The Bertz CT molecular complexity index is 1050. The number of hydrogen-bond donors (Lipinski definition) is 1. The van der Waals surface area contributed by atoms with Crippen molar-refractivity contribution in [3.05, 3.63) is 58.9 Å². The molecule has 1 aromatic heterocycles. The van der Waals surface area contributed by atoms with Gasteiger partial charge in [0, 0.05) is 48.5 Å². The van der Waals surface area contributed by atoms with Gasteiger partial charge in [-0.2, -0.15) is 0 Å². The highest BCUT2D eigenvalue weighted by Gasteiger charge is 2.41. The average Bonchev–Trinajstić information content (AvgIpc) is 3.10. The number of morpholine rings is 1. The zero-order chi connectivity index (χ0) is 24.4. The first-order valence-corrected chi connectivity index (χ1v) is 13.7. The molecule has 35 heavy (non-hydrogen) atoms. The van der Waals surface area contributed by atoms with Crippen LogP contribution in [0.3, 0.4) is 0 Å². The topological polar surface area (TPSA) is 40.6 Å². The maximum Gasteiger partial charge on any atom is 0.116 e. The van der Waals surface area contributed by atoms with Crippen molar-refractivity contribution in [1.29, 1.82) is 0 Å². The van der Waals surface area contributed by atoms with E-state index in [2.05, 4.69) is 85.3 Å². The predicted molar refractivity (Wildman–Crippen MR) is 144 cm³/mol. The summed E-state index contributed by atoms with van der Waals surface area (Å²) in [5.41, 5.74) is 6.99. The molecule has 1 unspecified atom stereocenters. The first-order chi connectivity index (χ1) is 17.0. The van der Waals surface area contributed by atoms with Gasteiger partial charge in [0.15, 0.2) is 0 Å². The molecular weight excluding hydrogens is 432 g/mol. The highest BCUT2D eigenvalue weighted by atomic mass is 16.5. The Morgan fingerprint density at radius 2 is 1.86 bits per heavy atom. The maximum atomic E-state index is 5.70. The number of fused-ring (bicyclic) bond motifs is 1. The van der Waals surface area contributed by atoms with Gasteiger partial charge in [0.25, 0.3) is 0 Å². The van der Waals surface area contributed by atoms with E-state index in [-0.39, 0.29) is 5.66 Å². The lowest BCUT2D eigenvalue weighted by Gasteiger charge is -2.49. The van der Waals surface area contributed by atoms with Crippen molar-refractivity contribution in [2.24, 2.45) is 0 Å². The summed E-state index contributed by atoms with van der Waals surface area (Å²) in [6.45, 7) is 13.9. The average molecular weight is 475 g/mol. The molecule has 1 aromatic carbocycles. The second kappa shape index (κ2) is 10.4. The lowest BCUT2D eigenvalue weighted by atomic mass is 9.90. The van der Waals surface area contributed by atoms with Crippen molar-refractivity contribution in [1.82, 2.24) is 20.1 Å². The zero-order valence-corrected chi connectivity index (χ0v) is 22.0. The molecule has 5 nitrogen and oxygen atoms in total. The molecule has 0 aliphatic carbocycles. The van der Waals surface area contributed by atoms with Gasteiger partial charge in [0.05, 0.1) is 24.6 Å². The number of pyridine rings is 1. The molecule has 0 radical (unpaired) electrons. The molecule has 3 aliphatic rings. The molecule has 0 saturated carbocycles. The number of ether oxygens (including phenoxy) is 1. The van der Waals surface area contributed by atoms with Crippen LogP contribution in [-0.2, 0) is 16.8 Å². The molecule has 4 heterocycles. The number of nitrogens with zero attached hydrogens (tertiary/aromatic N) is 3. The van der Waals surface area contributed by atoms with Crippen LogP contribution in [0.4, 0.5) is 0 Å². The minimum absolute atomic E-state index is 0.268. The third-order valence-corrected chi connectivity index (χ3v) is 8.33. The SMILES string of the molecule is CCc1ccc(-c2ccc3c(n2)C=C(CN2CCOC[C@@H]2C)NC3(C)N2CCCCC[C@@H]2C)cc1. The first-order valence-electron chi connectivity index (χ1n) is 13.7. The second-order valence-corrected chi connectivity index (χ2v) is 10.8. The second-order valence-electron chi connectivity index (χ2n) is 10.8. The van der Waals surface area contributed by atoms with Gasteiger partial charge < -0.3 is 10.1 Å². The first kappa shape index (κ1) is 24.5. The number of benzene rings is 1. The van der Waals surface area contributed by atoms with Gasteiger partial charge in [0.1, 0.15) is 5.66 Å². The summed E-state index contributed by atoms with van der Waals surface area (Å²) in [4.78, 5) is 10.5. The van der Waals surface area contributed by atoms with Crippen molar-refractivity contribution in [2.45, 2.75) is 77.5 Å². The summed E-state index contributed by atoms with van der Waals surface area (Å²) in [7, 11) is 0. The monoisotopic (exact) mass is 474 g/mol. The molecule has 0 bridgehead atoms. The number of likely N-dealkylation sites (tertiary alicyclic amines) is 1. The summed E-state index contributed by atoms with van der Waals surface area (Å²) < 4.78 is 5.70. The van der Waals surface area contributed by atoms with Crippen LogP contribution in [0.2, 0.25) is 0 Å². The maximum absolute atomic E-state index is 5.70. The summed E-state index contributed by atoms with van der Waals surface area (Å²) in [5.74, 6) is 0. The smallest absolute Gasteiger partial charge is 0.116 e. The van der Waals surface area contributed by atoms with Crippen molar-refractivity contribution < 1.29 is 4.74 Å². The van der Waals surface area contributed by atoms with E-state index in [1.807, 2.05) is 0 Å². The summed E-state index contributed by atoms with van der Waals surface area (Å²) in [6, 6.07) is 14.4. The fraction of sp³-hybridized carbons (Fsp3) is 0.567. The number of aromatic nitrogens is 1. The van der Waals surface area contributed by atoms with E-state index in [9.17, 15) is 0 Å². The third kappa shape index (κ3) is 5.04. The third-order valence-electron chi connectivity index (χ3n) is 8.33. The van der Waals surface area contributed by atoms with Gasteiger partial charge >= 0.3 is 0 Å². The molecule has 0 amide bonds. The largest absolute Gasteiger partial charge is 0.379 e. The molecule has 2 aromatic rings. The Kier molecular flexibility index (Phi) is 7.29. The molecule has 188 valence electrons. The quantitative estimate of drug-likeness (QED) is 0.627. The zero-order valence-electron chi connectivity index (χ0n) is 22.0. The Balaban J connectivity index is 1.54. The van der Waals surface area contributed by atoms with E-state index in [0.717, 1.165) is 50.7 Å². The minimum Gasteiger partial charge on any atom is -0.379 e. The fourth-order valence-corrected chi connectivity index (χ4v) is 6.12. The Hall–Kier alpha value is -2.21. The summed E-state index contributed by atoms with van der Waals surface area (Å²) in [6.07, 6.45) is 8.50. The molecule has 5 heteroatoms. The molecule has 2 fully saturated rings. The predicted octanol–water partition coefficient (Wildman–Crippen LogP) is 5.41. The van der Waals surface area contributed by atoms with Gasteiger partial charge in [-0.25, -0.2) is 4.98 Å². The van der Waals surface area contributed by atoms with Gasteiger partial charge in [0.2, 0.25) is 0 Å². The summed E-state index contributed by atoms with van der Waals surface area (Å²) >= 11 is 0. The number of rotatable bonds is 5. The van der Waals surface area contributed by atoms with Crippen LogP contribution in [-0.4, -0.2) is 59.7 Å². The van der Waals surface area contributed by atoms with Crippen LogP contribution in [0, 0.1) is 0 Å². The highest BCUT2D eigenvalue weighted by molar-refractivity contribution is 5.66. The Morgan fingerprint density at radius 3 is 2.63 bits per heavy atom. The van der Waals surface area contributed by atoms with Gasteiger partial charge in [-0.3, -0.25) is 9.80 Å². The van der Waals surface area contributed by atoms with Crippen molar-refractivity contribution in [3.8, 4) is 11.3 Å². The van der Waals surface area contributed by atoms with E-state index < -0.39 is 0 Å². The van der Waals surface area contributed by atoms with Crippen LogP contribution >= 0.6 is 0 Å². The normalized spacial score (nSPS) is 28.1. The minimum atomic E-state index is -0.268. The molecular formula is C30H42N4O. The molecule has 3 atom stereocenters. The van der Waals surface area contributed by atoms with Crippen LogP contribution < -0.4 is 5.32 Å². The van der Waals surface area contributed by atoms with Crippen LogP contribution in [0.1, 0.15) is 70.2 Å². The van der Waals surface area contributed by atoms with E-state index >= 15 is 0 Å². The van der Waals surface area contributed by atoms with Crippen molar-refractivity contribution in [2.75, 3.05) is 32.8 Å². The lowest BCUT2D eigenvalue weighted by Crippen LogP contribution is -2.59. The molecule has 2 saturated heterocycles. The highest BCUT2D eigenvalue weighted by Crippen LogP contribution is 2.38. The fourth-order valence-electron chi connectivity index (χ4n) is 6.12. The molecule has 0 spiro atoms. The Morgan fingerprint density at radius 1 is 1.03 bits per heavy atom. The number of aryl methyl sites for hydroxylation is 1. The van der Waals surface area contributed by atoms with Crippen LogP contribution in [0.5, 0.6) is 0 Å². The summed E-state index contributed by atoms with van der Waals surface area (Å²) in [5, 5.41) is 4.02. The Labute approximate surface area is 211 Å². The molecule has 3 aliphatic heterocycles. The lowest BCUT2D eigenvalue weighted by molar-refractivity contribution is -0.000631. The number of hydrogen-bond acceptors (Lipinski definition) is 5. The van der Waals surface area contributed by atoms with E-state index in [1.54, 1.807) is 0 Å². The van der Waals surface area contributed by atoms with E-state index in [1.165, 1.54) is 48.1 Å². The molecule has 1 N–H and O–H groups in total. The van der Waals surface area contributed by atoms with Gasteiger partial charge in [-0.1, -0.05) is 50.1 Å². The van der Waals surface area contributed by atoms with Gasteiger partial charge in [-0.15, -0.1) is 0 Å². The van der Waals surface area contributed by atoms with Crippen molar-refractivity contribution in [3.63, 3.8) is 0 Å². The van der Waals surface area contributed by atoms with Crippen molar-refractivity contribution >= 4 is 6.08 Å². The molecule has 5 rings (SSSR count). The van der Waals surface area contributed by atoms with E-state index in [0.29, 0.717) is 12.1 Å². The van der Waals surface area contributed by atoms with Crippen LogP contribution in [0.15, 0.2) is 42.1 Å². The van der Waals surface area contributed by atoms with Crippen LogP contribution in [0.25, 0.3) is 17.3 Å². The number of nitrogens with one attached hydrogen (secondary N) is 1.